The molecule has 1 unspecified atom stereocenters. The standard InChI is InChI=1S/C18H34N4O2.HI/c1-19-17(20-14-18(23)7-2-3-8-18)21-16-4-9-22(10-5-16)12-15-6-11-24-13-15;/h15-16,23H,2-14H2,1H3,(H2,19,20,21);1H. The molecular formula is C18H35IN4O2. The highest BCUT2D eigenvalue weighted by atomic mass is 127. The van der Waals surface area contributed by atoms with Gasteiger partial charge in [-0.05, 0) is 38.0 Å². The van der Waals surface area contributed by atoms with Gasteiger partial charge in [0.15, 0.2) is 5.96 Å². The number of nitrogens with one attached hydrogen (secondary N) is 2. The minimum atomic E-state index is -0.537. The monoisotopic (exact) mass is 466 g/mol. The SMILES string of the molecule is CN=C(NCC1(O)CCCC1)NC1CCN(CC2CCOC2)CC1.I. The van der Waals surface area contributed by atoms with E-state index in [1.807, 2.05) is 7.05 Å². The maximum absolute atomic E-state index is 10.4. The Balaban J connectivity index is 0.00000225. The van der Waals surface area contributed by atoms with Crippen LogP contribution in [0, 0.1) is 5.92 Å². The average molecular weight is 466 g/mol. The van der Waals surface area contributed by atoms with Gasteiger partial charge in [0.25, 0.3) is 0 Å². The van der Waals surface area contributed by atoms with Crippen molar-refractivity contribution >= 4 is 29.9 Å². The third-order valence-electron chi connectivity index (χ3n) is 5.81. The molecule has 0 aromatic rings. The van der Waals surface area contributed by atoms with Gasteiger partial charge in [0, 0.05) is 45.9 Å². The lowest BCUT2D eigenvalue weighted by Gasteiger charge is -2.34. The largest absolute Gasteiger partial charge is 0.388 e. The topological polar surface area (TPSA) is 69.1 Å². The number of piperidine rings is 1. The Hall–Kier alpha value is -0.120. The molecule has 3 fully saturated rings. The van der Waals surface area contributed by atoms with E-state index in [4.69, 9.17) is 4.74 Å². The van der Waals surface area contributed by atoms with Gasteiger partial charge >= 0.3 is 0 Å². The summed E-state index contributed by atoms with van der Waals surface area (Å²) < 4.78 is 5.48. The fourth-order valence-corrected chi connectivity index (χ4v) is 4.20. The highest BCUT2D eigenvalue weighted by molar-refractivity contribution is 14.0. The fraction of sp³-hybridized carbons (Fsp3) is 0.944. The van der Waals surface area contributed by atoms with Crippen molar-refractivity contribution in [3.63, 3.8) is 0 Å². The number of ether oxygens (including phenoxy) is 1. The smallest absolute Gasteiger partial charge is 0.191 e. The van der Waals surface area contributed by atoms with Crippen LogP contribution in [0.3, 0.4) is 0 Å². The summed E-state index contributed by atoms with van der Waals surface area (Å²) in [6.45, 7) is 5.97. The van der Waals surface area contributed by atoms with Crippen LogP contribution < -0.4 is 10.6 Å². The summed E-state index contributed by atoms with van der Waals surface area (Å²) in [7, 11) is 1.81. The molecule has 6 nitrogen and oxygen atoms in total. The third kappa shape index (κ3) is 6.52. The lowest BCUT2D eigenvalue weighted by atomic mass is 10.0. The van der Waals surface area contributed by atoms with Crippen LogP contribution >= 0.6 is 24.0 Å². The molecule has 0 spiro atoms. The van der Waals surface area contributed by atoms with Crippen LogP contribution in [0.5, 0.6) is 0 Å². The molecule has 0 aromatic heterocycles. The van der Waals surface area contributed by atoms with E-state index in [9.17, 15) is 5.11 Å². The summed E-state index contributed by atoms with van der Waals surface area (Å²) in [6, 6.07) is 0.477. The number of likely N-dealkylation sites (tertiary alicyclic amines) is 1. The molecule has 7 heteroatoms. The van der Waals surface area contributed by atoms with Gasteiger partial charge in [-0.3, -0.25) is 4.99 Å². The second-order valence-corrected chi connectivity index (χ2v) is 7.81. The van der Waals surface area contributed by atoms with Crippen molar-refractivity contribution in [2.75, 3.05) is 46.4 Å². The summed E-state index contributed by atoms with van der Waals surface area (Å²) in [4.78, 5) is 6.91. The zero-order chi connectivity index (χ0) is 16.8. The van der Waals surface area contributed by atoms with Crippen molar-refractivity contribution in [2.24, 2.45) is 10.9 Å². The number of hydrogen-bond donors (Lipinski definition) is 3. The number of aliphatic imine (C=N–C) groups is 1. The van der Waals surface area contributed by atoms with Gasteiger partial charge in [-0.25, -0.2) is 0 Å². The summed E-state index contributed by atoms with van der Waals surface area (Å²) >= 11 is 0. The van der Waals surface area contributed by atoms with Crippen LogP contribution in [0.2, 0.25) is 0 Å². The molecule has 0 aromatic carbocycles. The zero-order valence-corrected chi connectivity index (χ0v) is 17.8. The Morgan fingerprint density at radius 1 is 1.24 bits per heavy atom. The second-order valence-electron chi connectivity index (χ2n) is 7.81. The van der Waals surface area contributed by atoms with Gasteiger partial charge in [0.05, 0.1) is 12.2 Å². The Morgan fingerprint density at radius 2 is 1.96 bits per heavy atom. The minimum Gasteiger partial charge on any atom is -0.388 e. The van der Waals surface area contributed by atoms with E-state index in [2.05, 4.69) is 20.5 Å². The van der Waals surface area contributed by atoms with E-state index < -0.39 is 5.60 Å². The van der Waals surface area contributed by atoms with Crippen molar-refractivity contribution < 1.29 is 9.84 Å². The van der Waals surface area contributed by atoms with E-state index in [1.165, 1.54) is 13.0 Å². The Bertz CT molecular complexity index is 415. The molecule has 1 aliphatic carbocycles. The number of rotatable bonds is 5. The molecule has 1 saturated carbocycles. The quantitative estimate of drug-likeness (QED) is 0.326. The van der Waals surface area contributed by atoms with E-state index in [-0.39, 0.29) is 24.0 Å². The van der Waals surface area contributed by atoms with Crippen molar-refractivity contribution in [3.05, 3.63) is 0 Å². The maximum Gasteiger partial charge on any atom is 0.191 e. The zero-order valence-electron chi connectivity index (χ0n) is 15.5. The third-order valence-corrected chi connectivity index (χ3v) is 5.81. The van der Waals surface area contributed by atoms with Crippen molar-refractivity contribution in [1.29, 1.82) is 0 Å². The molecule has 3 rings (SSSR count). The van der Waals surface area contributed by atoms with E-state index >= 15 is 0 Å². The predicted octanol–water partition coefficient (Wildman–Crippen LogP) is 1.58. The molecule has 1 atom stereocenters. The molecule has 2 heterocycles. The number of halogens is 1. The van der Waals surface area contributed by atoms with Crippen LogP contribution in [0.1, 0.15) is 44.9 Å². The average Bonchev–Trinajstić information content (AvgIpc) is 3.25. The molecule has 0 amide bonds. The normalized spacial score (nSPS) is 27.9. The van der Waals surface area contributed by atoms with Crippen LogP contribution in [0.25, 0.3) is 0 Å². The first-order chi connectivity index (χ1) is 11.7. The van der Waals surface area contributed by atoms with Crippen LogP contribution in [-0.4, -0.2) is 74.0 Å². The number of nitrogens with zero attached hydrogens (tertiary/aromatic N) is 2. The summed E-state index contributed by atoms with van der Waals surface area (Å²) in [6.07, 6.45) is 7.60. The maximum atomic E-state index is 10.4. The molecule has 3 N–H and O–H groups in total. The highest BCUT2D eigenvalue weighted by Gasteiger charge is 2.31. The van der Waals surface area contributed by atoms with Gasteiger partial charge in [0.1, 0.15) is 0 Å². The summed E-state index contributed by atoms with van der Waals surface area (Å²) in [5, 5.41) is 17.3. The van der Waals surface area contributed by atoms with E-state index in [1.54, 1.807) is 0 Å². The number of hydrogen-bond acceptors (Lipinski definition) is 4. The predicted molar refractivity (Wildman–Crippen MR) is 112 cm³/mol. The van der Waals surface area contributed by atoms with Crippen LogP contribution in [0.4, 0.5) is 0 Å². The van der Waals surface area contributed by atoms with Gasteiger partial charge in [0.2, 0.25) is 0 Å². The van der Waals surface area contributed by atoms with Crippen molar-refractivity contribution in [3.8, 4) is 0 Å². The van der Waals surface area contributed by atoms with Crippen LogP contribution in [-0.2, 0) is 4.74 Å². The van der Waals surface area contributed by atoms with Crippen LogP contribution in [0.15, 0.2) is 4.99 Å². The molecule has 2 saturated heterocycles. The fourth-order valence-electron chi connectivity index (χ4n) is 4.20. The molecule has 25 heavy (non-hydrogen) atoms. The molecule has 0 bridgehead atoms. The minimum absolute atomic E-state index is 0. The lowest BCUT2D eigenvalue weighted by molar-refractivity contribution is 0.0520. The van der Waals surface area contributed by atoms with E-state index in [0.717, 1.165) is 76.7 Å². The Kier molecular flexibility index (Phi) is 8.71. The Morgan fingerprint density at radius 3 is 2.56 bits per heavy atom. The molecule has 3 aliphatic rings. The molecule has 146 valence electrons. The first kappa shape index (κ1) is 21.2. The summed E-state index contributed by atoms with van der Waals surface area (Å²) in [5.74, 6) is 1.56. The molecule has 0 radical (unpaired) electrons. The summed E-state index contributed by atoms with van der Waals surface area (Å²) in [5.41, 5.74) is -0.537. The van der Waals surface area contributed by atoms with Gasteiger partial charge in [-0.2, -0.15) is 0 Å². The highest BCUT2D eigenvalue weighted by Crippen LogP contribution is 2.28. The van der Waals surface area contributed by atoms with Gasteiger partial charge in [-0.15, -0.1) is 24.0 Å². The van der Waals surface area contributed by atoms with Crippen molar-refractivity contribution in [2.45, 2.75) is 56.6 Å². The van der Waals surface area contributed by atoms with E-state index in [0.29, 0.717) is 12.6 Å². The van der Waals surface area contributed by atoms with Gasteiger partial charge < -0.3 is 25.4 Å². The van der Waals surface area contributed by atoms with Crippen molar-refractivity contribution in [1.82, 2.24) is 15.5 Å². The lowest BCUT2D eigenvalue weighted by Crippen LogP contribution is -2.51. The molecular weight excluding hydrogens is 431 g/mol. The molecule has 2 aliphatic heterocycles. The van der Waals surface area contributed by atoms with Gasteiger partial charge in [-0.1, -0.05) is 12.8 Å². The second kappa shape index (κ2) is 10.3. The Labute approximate surface area is 169 Å². The first-order valence-electron chi connectivity index (χ1n) is 9.66. The number of aliphatic hydroxyl groups is 1. The number of guanidine groups is 1. The first-order valence-corrected chi connectivity index (χ1v) is 9.66.